The normalized spacial score (nSPS) is 12.5. The molecule has 428 valence electrons. The molecule has 1 unspecified atom stereocenters. The van der Waals surface area contributed by atoms with Gasteiger partial charge in [-0.25, -0.2) is 0 Å². The van der Waals surface area contributed by atoms with Gasteiger partial charge in [0.2, 0.25) is 0 Å². The first kappa shape index (κ1) is 70.8. The molecule has 0 rings (SSSR count). The SMILES string of the molecule is CCCCCCC/C=C\C/C=C\C/C=C\CCCCCCCCC(=O)OCC(COC(=O)CCCCCCCCCCCCCCCC)OC(=O)CCCCCCCC/C=C\C/C=C\C/C=C\CCCCCCC. The Morgan fingerprint density at radius 3 is 0.757 bits per heavy atom. The molecule has 0 aliphatic heterocycles. The zero-order chi connectivity index (χ0) is 53.6. The van der Waals surface area contributed by atoms with Gasteiger partial charge in [0.05, 0.1) is 0 Å². The van der Waals surface area contributed by atoms with E-state index in [-0.39, 0.29) is 31.1 Å². The van der Waals surface area contributed by atoms with Gasteiger partial charge < -0.3 is 14.2 Å². The van der Waals surface area contributed by atoms with Gasteiger partial charge in [0, 0.05) is 19.3 Å². The first-order valence-corrected chi connectivity index (χ1v) is 31.9. The molecule has 6 heteroatoms. The van der Waals surface area contributed by atoms with E-state index in [9.17, 15) is 14.4 Å². The number of hydrogen-bond acceptors (Lipinski definition) is 6. The monoisotopic (exact) mass is 1030 g/mol. The molecular formula is C68H120O6. The number of carbonyl (C=O) groups excluding carboxylic acids is 3. The second-order valence-electron chi connectivity index (χ2n) is 21.3. The summed E-state index contributed by atoms with van der Waals surface area (Å²) in [6.45, 7) is 6.63. The molecule has 0 aliphatic carbocycles. The molecule has 6 nitrogen and oxygen atoms in total. The molecule has 0 radical (unpaired) electrons. The predicted molar refractivity (Wildman–Crippen MR) is 321 cm³/mol. The molecule has 1 atom stereocenters. The highest BCUT2D eigenvalue weighted by Gasteiger charge is 2.19. The van der Waals surface area contributed by atoms with Crippen LogP contribution in [0.2, 0.25) is 0 Å². The van der Waals surface area contributed by atoms with Crippen molar-refractivity contribution in [2.75, 3.05) is 13.2 Å². The summed E-state index contributed by atoms with van der Waals surface area (Å²) in [5.41, 5.74) is 0. The minimum absolute atomic E-state index is 0.0827. The third kappa shape index (κ3) is 59.7. The van der Waals surface area contributed by atoms with Gasteiger partial charge in [0.25, 0.3) is 0 Å². The number of rotatable bonds is 58. The quantitative estimate of drug-likeness (QED) is 0.0261. The van der Waals surface area contributed by atoms with E-state index in [1.54, 1.807) is 0 Å². The summed E-state index contributed by atoms with van der Waals surface area (Å²) in [5, 5.41) is 0. The van der Waals surface area contributed by atoms with E-state index in [4.69, 9.17) is 14.2 Å². The molecule has 0 heterocycles. The Bertz CT molecular complexity index is 1370. The zero-order valence-corrected chi connectivity index (χ0v) is 49.1. The third-order valence-corrected chi connectivity index (χ3v) is 13.9. The maximum atomic E-state index is 12.9. The lowest BCUT2D eigenvalue weighted by Crippen LogP contribution is -2.30. The van der Waals surface area contributed by atoms with Gasteiger partial charge >= 0.3 is 17.9 Å². The summed E-state index contributed by atoms with van der Waals surface area (Å²) in [6.07, 6.45) is 80.4. The second kappa shape index (κ2) is 62.4. The summed E-state index contributed by atoms with van der Waals surface area (Å²) in [5.74, 6) is -0.894. The van der Waals surface area contributed by atoms with Crippen LogP contribution >= 0.6 is 0 Å². The van der Waals surface area contributed by atoms with Gasteiger partial charge in [-0.2, -0.15) is 0 Å². The molecule has 0 aromatic carbocycles. The third-order valence-electron chi connectivity index (χ3n) is 13.9. The van der Waals surface area contributed by atoms with Gasteiger partial charge in [0.1, 0.15) is 13.2 Å². The van der Waals surface area contributed by atoms with Crippen LogP contribution in [0.3, 0.4) is 0 Å². The first-order chi connectivity index (χ1) is 36.5. The Morgan fingerprint density at radius 1 is 0.270 bits per heavy atom. The average molecular weight is 1030 g/mol. The summed E-state index contributed by atoms with van der Waals surface area (Å²) >= 11 is 0. The van der Waals surface area contributed by atoms with Crippen LogP contribution in [0.1, 0.15) is 323 Å². The lowest BCUT2D eigenvalue weighted by Gasteiger charge is -2.18. The Hall–Kier alpha value is -3.15. The lowest BCUT2D eigenvalue weighted by atomic mass is 10.0. The fourth-order valence-corrected chi connectivity index (χ4v) is 9.11. The fourth-order valence-electron chi connectivity index (χ4n) is 9.11. The number of esters is 3. The Kier molecular flexibility index (Phi) is 59.7. The van der Waals surface area contributed by atoms with Crippen molar-refractivity contribution in [3.63, 3.8) is 0 Å². The smallest absolute Gasteiger partial charge is 0.306 e. The van der Waals surface area contributed by atoms with Crippen molar-refractivity contribution in [3.05, 3.63) is 72.9 Å². The summed E-state index contributed by atoms with van der Waals surface area (Å²) in [6, 6.07) is 0. The van der Waals surface area contributed by atoms with Crippen molar-refractivity contribution in [1.82, 2.24) is 0 Å². The van der Waals surface area contributed by atoms with Crippen LogP contribution < -0.4 is 0 Å². The standard InChI is InChI=1S/C68H120O6/c1-4-7-10-13-16-19-22-25-28-30-32-34-36-38-40-43-46-49-52-55-58-61-67(70)73-64-65(63-72-66(69)60-57-54-51-48-45-42-27-24-21-18-15-12-9-6-3)74-68(71)62-59-56-53-50-47-44-41-39-37-35-33-31-29-26-23-20-17-14-11-8-5-2/h22-23,25-26,30-33,36-39,65H,4-21,24,27-29,34-35,40-64H2,1-3H3/b25-22-,26-23-,32-30-,33-31-,38-36-,39-37-. The Morgan fingerprint density at radius 2 is 0.486 bits per heavy atom. The lowest BCUT2D eigenvalue weighted by molar-refractivity contribution is -0.167. The molecule has 74 heavy (non-hydrogen) atoms. The van der Waals surface area contributed by atoms with Crippen molar-refractivity contribution < 1.29 is 28.6 Å². The van der Waals surface area contributed by atoms with Crippen LogP contribution in [-0.2, 0) is 28.6 Å². The Balaban J connectivity index is 4.40. The first-order valence-electron chi connectivity index (χ1n) is 31.9. The van der Waals surface area contributed by atoms with Crippen LogP contribution in [0.15, 0.2) is 72.9 Å². The minimum atomic E-state index is -0.788. The number of carbonyl (C=O) groups is 3. The Labute approximate surface area is 459 Å². The van der Waals surface area contributed by atoms with Gasteiger partial charge in [-0.05, 0) is 96.3 Å². The van der Waals surface area contributed by atoms with E-state index in [0.29, 0.717) is 19.3 Å². The van der Waals surface area contributed by atoms with Crippen molar-refractivity contribution in [3.8, 4) is 0 Å². The zero-order valence-electron chi connectivity index (χ0n) is 49.1. The second-order valence-corrected chi connectivity index (χ2v) is 21.3. The molecule has 0 N–H and O–H groups in total. The van der Waals surface area contributed by atoms with Crippen LogP contribution in [0, 0.1) is 0 Å². The van der Waals surface area contributed by atoms with Crippen LogP contribution in [-0.4, -0.2) is 37.2 Å². The number of allylic oxidation sites excluding steroid dienone is 12. The van der Waals surface area contributed by atoms with E-state index in [1.165, 1.54) is 180 Å². The van der Waals surface area contributed by atoms with Gasteiger partial charge in [0.15, 0.2) is 6.10 Å². The maximum absolute atomic E-state index is 12.9. The van der Waals surface area contributed by atoms with E-state index in [2.05, 4.69) is 93.7 Å². The topological polar surface area (TPSA) is 78.9 Å². The number of unbranched alkanes of at least 4 members (excludes halogenated alkanes) is 35. The largest absolute Gasteiger partial charge is 0.462 e. The highest BCUT2D eigenvalue weighted by atomic mass is 16.6. The van der Waals surface area contributed by atoms with Gasteiger partial charge in [-0.3, -0.25) is 14.4 Å². The van der Waals surface area contributed by atoms with E-state index in [1.807, 2.05) is 0 Å². The molecule has 0 aliphatic rings. The summed E-state index contributed by atoms with van der Waals surface area (Å²) in [7, 11) is 0. The van der Waals surface area contributed by atoms with Crippen molar-refractivity contribution in [2.45, 2.75) is 329 Å². The van der Waals surface area contributed by atoms with Crippen LogP contribution in [0.25, 0.3) is 0 Å². The molecule has 0 amide bonds. The van der Waals surface area contributed by atoms with E-state index in [0.717, 1.165) is 103 Å². The summed E-state index contributed by atoms with van der Waals surface area (Å²) < 4.78 is 16.9. The number of hydrogen-bond donors (Lipinski definition) is 0. The highest BCUT2D eigenvalue weighted by Crippen LogP contribution is 2.16. The fraction of sp³-hybridized carbons (Fsp3) is 0.779. The van der Waals surface area contributed by atoms with Gasteiger partial charge in [-0.1, -0.05) is 280 Å². The van der Waals surface area contributed by atoms with Gasteiger partial charge in [-0.15, -0.1) is 0 Å². The molecule has 0 aromatic rings. The molecule has 0 saturated carbocycles. The predicted octanol–water partition coefficient (Wildman–Crippen LogP) is 21.7. The van der Waals surface area contributed by atoms with Crippen molar-refractivity contribution in [1.29, 1.82) is 0 Å². The van der Waals surface area contributed by atoms with E-state index >= 15 is 0 Å². The molecule has 0 spiro atoms. The average Bonchev–Trinajstić information content (AvgIpc) is 3.40. The molecule has 0 aromatic heterocycles. The van der Waals surface area contributed by atoms with Crippen molar-refractivity contribution >= 4 is 17.9 Å². The van der Waals surface area contributed by atoms with E-state index < -0.39 is 6.10 Å². The van der Waals surface area contributed by atoms with Crippen LogP contribution in [0.4, 0.5) is 0 Å². The molecular weight excluding hydrogens is 913 g/mol. The molecule has 0 bridgehead atoms. The molecule has 0 fully saturated rings. The summed E-state index contributed by atoms with van der Waals surface area (Å²) in [4.78, 5) is 38.3. The van der Waals surface area contributed by atoms with Crippen molar-refractivity contribution in [2.24, 2.45) is 0 Å². The maximum Gasteiger partial charge on any atom is 0.306 e. The number of ether oxygens (including phenoxy) is 3. The van der Waals surface area contributed by atoms with Crippen LogP contribution in [0.5, 0.6) is 0 Å². The highest BCUT2D eigenvalue weighted by molar-refractivity contribution is 5.71. The molecule has 0 saturated heterocycles. The minimum Gasteiger partial charge on any atom is -0.462 e.